The molecule has 0 amide bonds. The first-order valence-electron chi connectivity index (χ1n) is 2.69. The number of phosphoric acid groups is 2. The molecule has 0 fully saturated rings. The van der Waals surface area contributed by atoms with E-state index < -0.39 is 22.0 Å². The first-order chi connectivity index (χ1) is 5.97. The molecule has 0 saturated carbocycles. The highest BCUT2D eigenvalue weighted by molar-refractivity contribution is 8.22. The molecule has 0 bridgehead atoms. The van der Waals surface area contributed by atoms with Gasteiger partial charge in [0.25, 0.3) is 15.6 Å². The van der Waals surface area contributed by atoms with Crippen LogP contribution in [0.3, 0.4) is 0 Å². The van der Waals surface area contributed by atoms with Crippen LogP contribution in [0.25, 0.3) is 0 Å². The molecule has 1 N–H and O–H groups in total. The van der Waals surface area contributed by atoms with E-state index in [0.29, 0.717) is 0 Å². The predicted molar refractivity (Wildman–Crippen MR) is 46.6 cm³/mol. The summed E-state index contributed by atoms with van der Waals surface area (Å²) < 4.78 is 32.0. The fourth-order valence-electron chi connectivity index (χ4n) is 0.314. The van der Waals surface area contributed by atoms with Crippen molar-refractivity contribution in [3.63, 3.8) is 0 Å². The molecule has 0 aliphatic heterocycles. The highest BCUT2D eigenvalue weighted by Crippen LogP contribution is 2.62. The largest absolute Gasteiger partial charge is 0.756 e. The lowest BCUT2D eigenvalue weighted by atomic mass is 10.8. The third-order valence-corrected chi connectivity index (χ3v) is 5.56. The molecular weight excluding hydrogens is 276 g/mol. The van der Waals surface area contributed by atoms with E-state index in [2.05, 4.69) is 25.0 Å². The lowest BCUT2D eigenvalue weighted by Gasteiger charge is -2.36. The lowest BCUT2D eigenvalue weighted by molar-refractivity contribution is -0.235. The summed E-state index contributed by atoms with van der Waals surface area (Å²) in [7, 11) is -4.86. The van der Waals surface area contributed by atoms with Crippen LogP contribution >= 0.6 is 22.0 Å². The molecule has 0 aromatic heterocycles. The third kappa shape index (κ3) is 7.26. The van der Waals surface area contributed by atoms with Crippen LogP contribution in [0.4, 0.5) is 0 Å². The summed E-state index contributed by atoms with van der Waals surface area (Å²) in [6, 6.07) is 0. The molecule has 3 unspecified atom stereocenters. The van der Waals surface area contributed by atoms with E-state index >= 15 is 0 Å². The molecule has 14 heavy (non-hydrogen) atoms. The lowest BCUT2D eigenvalue weighted by Crippen LogP contribution is -2.11. The van der Waals surface area contributed by atoms with Crippen LogP contribution in [0.15, 0.2) is 0 Å². The zero-order chi connectivity index (χ0) is 11.6. The van der Waals surface area contributed by atoms with Gasteiger partial charge in [-0.25, -0.2) is 4.31 Å². The minimum absolute atomic E-state index is 0.969. The standard InChI is InChI=1S/CH6BO8P3S/c1-8-11(2,14)9-13(6,7)10-12(3,4)5/h1H3,(H,6,7)(H2,3,4,5)/q-1/p-2. The molecule has 0 aromatic carbocycles. The van der Waals surface area contributed by atoms with Gasteiger partial charge in [-0.3, -0.25) is 9.13 Å². The van der Waals surface area contributed by atoms with E-state index in [9.17, 15) is 18.9 Å². The fraction of sp³-hybridized carbons (Fsp3) is 1.00. The predicted octanol–water partition coefficient (Wildman–Crippen LogP) is -1.01. The summed E-state index contributed by atoms with van der Waals surface area (Å²) in [6.07, 6.45) is -3.62. The van der Waals surface area contributed by atoms with Gasteiger partial charge >= 0.3 is 0 Å². The van der Waals surface area contributed by atoms with E-state index in [1.807, 2.05) is 0 Å². The van der Waals surface area contributed by atoms with Crippen LogP contribution in [0.2, 0.25) is 0 Å². The van der Waals surface area contributed by atoms with Gasteiger partial charge in [-0.2, -0.15) is 0 Å². The maximum Gasteiger partial charge on any atom is 0.276 e. The Morgan fingerprint density at radius 1 is 1.36 bits per heavy atom. The molecule has 0 aliphatic carbocycles. The highest BCUT2D eigenvalue weighted by Gasteiger charge is 2.18. The van der Waals surface area contributed by atoms with Crippen LogP contribution in [0.1, 0.15) is 0 Å². The molecule has 0 aromatic rings. The normalized spacial score (nSPS) is 24.6. The van der Waals surface area contributed by atoms with E-state index in [-0.39, 0.29) is 0 Å². The van der Waals surface area contributed by atoms with Crippen molar-refractivity contribution in [2.75, 3.05) is 7.11 Å². The van der Waals surface area contributed by atoms with Gasteiger partial charge < -0.3 is 31.1 Å². The van der Waals surface area contributed by atoms with Crippen molar-refractivity contribution in [1.82, 2.24) is 0 Å². The van der Waals surface area contributed by atoms with Crippen LogP contribution in [0.5, 0.6) is 0 Å². The summed E-state index contributed by atoms with van der Waals surface area (Å²) in [6.45, 7) is 0. The van der Waals surface area contributed by atoms with E-state index in [1.54, 1.807) is 0 Å². The van der Waals surface area contributed by atoms with Crippen molar-refractivity contribution < 1.29 is 37.0 Å². The molecule has 13 heteroatoms. The van der Waals surface area contributed by atoms with Gasteiger partial charge in [0.05, 0.1) is 0 Å². The molecule has 3 atom stereocenters. The van der Waals surface area contributed by atoms with Gasteiger partial charge in [-0.15, -0.1) is 0 Å². The first-order valence-corrected chi connectivity index (χ1v) is 8.36. The highest BCUT2D eigenvalue weighted by atomic mass is 32.5. The number of hydrogen-bond acceptors (Lipinski definition) is 8. The van der Waals surface area contributed by atoms with Crippen LogP contribution in [-0.2, 0) is 34.1 Å². The average Bonchev–Trinajstić information content (AvgIpc) is 1.78. The maximum atomic E-state index is 10.7. The Balaban J connectivity index is 4.60. The fourth-order valence-corrected chi connectivity index (χ4v) is 3.83. The molecule has 0 heterocycles. The Morgan fingerprint density at radius 3 is 2.07 bits per heavy atom. The minimum atomic E-state index is -5.47. The van der Waals surface area contributed by atoms with Crippen molar-refractivity contribution in [3.05, 3.63) is 0 Å². The Kier molecular flexibility index (Phi) is 5.17. The Labute approximate surface area is 86.0 Å². The monoisotopic (exact) mass is 280 g/mol. The molecule has 83 valence electrons. The zero-order valence-electron chi connectivity index (χ0n) is 6.63. The second kappa shape index (κ2) is 4.85. The summed E-state index contributed by atoms with van der Waals surface area (Å²) in [5, 5.41) is 0. The third-order valence-electron chi connectivity index (χ3n) is 0.671. The quantitative estimate of drug-likeness (QED) is 0.497. The van der Waals surface area contributed by atoms with Crippen molar-refractivity contribution >= 4 is 41.4 Å². The van der Waals surface area contributed by atoms with Gasteiger partial charge in [-0.1, -0.05) is 18.2 Å². The Bertz CT molecular complexity index is 333. The molecule has 8 nitrogen and oxygen atoms in total. The van der Waals surface area contributed by atoms with Gasteiger partial charge in [0.2, 0.25) is 0 Å². The van der Waals surface area contributed by atoms with Gasteiger partial charge in [0, 0.05) is 7.11 Å². The molecule has 0 aliphatic rings. The minimum Gasteiger partial charge on any atom is -0.756 e. The Hall–Kier alpha value is 0.935. The molecule has 3 radical (unpaired) electrons. The van der Waals surface area contributed by atoms with Crippen molar-refractivity contribution in [1.29, 1.82) is 0 Å². The maximum absolute atomic E-state index is 10.7. The van der Waals surface area contributed by atoms with Crippen LogP contribution < -0.4 is 9.79 Å². The molecule has 0 rings (SSSR count). The molecule has 0 saturated heterocycles. The summed E-state index contributed by atoms with van der Waals surface area (Å²) in [5.74, 6) is 0. The van der Waals surface area contributed by atoms with Crippen molar-refractivity contribution in [2.45, 2.75) is 0 Å². The van der Waals surface area contributed by atoms with E-state index in [1.165, 1.54) is 0 Å². The first kappa shape index (κ1) is 14.9. The van der Waals surface area contributed by atoms with Crippen molar-refractivity contribution in [2.24, 2.45) is 0 Å². The van der Waals surface area contributed by atoms with Gasteiger partial charge in [0.15, 0.2) is 0 Å². The van der Waals surface area contributed by atoms with E-state index in [0.717, 1.165) is 7.11 Å². The SMILES string of the molecule is [B-]P(=S)(OC)OP(=O)([O-])OP(=O)([O-])O. The number of rotatable bonds is 5. The zero-order valence-corrected chi connectivity index (χ0v) is 10.1. The topological polar surface area (TPSA) is 128 Å². The van der Waals surface area contributed by atoms with E-state index in [4.69, 9.17) is 12.5 Å². The second-order valence-electron chi connectivity index (χ2n) is 1.80. The summed E-state index contributed by atoms with van der Waals surface area (Å²) >= 11 is 4.30. The average molecular weight is 280 g/mol. The van der Waals surface area contributed by atoms with Crippen LogP contribution in [-0.4, -0.2) is 19.6 Å². The molecule has 0 spiro atoms. The second-order valence-corrected chi connectivity index (χ2v) is 7.91. The summed E-state index contributed by atoms with van der Waals surface area (Å²) in [4.78, 5) is 28.7. The number of hydrogen-bond donors (Lipinski definition) is 1. The van der Waals surface area contributed by atoms with Gasteiger partial charge in [-0.05, 0) is 0 Å². The molecular formula is CH4BO8P3S-3. The Morgan fingerprint density at radius 2 is 1.79 bits per heavy atom. The summed E-state index contributed by atoms with van der Waals surface area (Å²) in [5.41, 5.74) is 0. The smallest absolute Gasteiger partial charge is 0.276 e. The van der Waals surface area contributed by atoms with Gasteiger partial charge in [0.1, 0.15) is 0 Å². The van der Waals surface area contributed by atoms with Crippen LogP contribution in [0, 0.1) is 0 Å². The van der Waals surface area contributed by atoms with Crippen molar-refractivity contribution in [3.8, 4) is 0 Å².